The van der Waals surface area contributed by atoms with Crippen LogP contribution in [0.5, 0.6) is 0 Å². The number of carbonyl (C=O) groups excluding carboxylic acids is 1. The number of carbonyl (C=O) groups is 1. The number of nitrogens with one attached hydrogen (secondary N) is 1. The molecule has 2 aliphatic rings. The Morgan fingerprint density at radius 3 is 2.88 bits per heavy atom. The zero-order chi connectivity index (χ0) is 17.2. The molecular weight excluding hydrogens is 312 g/mol. The van der Waals surface area contributed by atoms with Gasteiger partial charge in [0, 0.05) is 31.7 Å². The van der Waals surface area contributed by atoms with Crippen molar-refractivity contribution in [2.24, 2.45) is 0 Å². The summed E-state index contributed by atoms with van der Waals surface area (Å²) in [5.74, 6) is 0.0705. The molecule has 2 heterocycles. The third kappa shape index (κ3) is 3.47. The number of hydrogen-bond donors (Lipinski definition) is 1. The molecule has 1 aromatic carbocycles. The third-order valence-corrected chi connectivity index (χ3v) is 5.30. The molecule has 25 heavy (non-hydrogen) atoms. The highest BCUT2D eigenvalue weighted by atomic mass is 16.1. The second-order valence-corrected chi connectivity index (χ2v) is 7.25. The van der Waals surface area contributed by atoms with Crippen LogP contribution in [0.3, 0.4) is 0 Å². The van der Waals surface area contributed by atoms with E-state index in [4.69, 9.17) is 5.10 Å². The molecule has 1 aliphatic heterocycles. The standard InChI is InChI=1S/C20H26N4O/c1-15(25)21-16-7-6-12-23(13-16)14-19-18-10-5-11-20(18)24(22-19)17-8-3-2-4-9-17/h2-4,8-9,16H,5-7,10-14H2,1H3,(H,21,25). The number of benzene rings is 1. The molecule has 1 aliphatic carbocycles. The van der Waals surface area contributed by atoms with Crippen LogP contribution < -0.4 is 5.32 Å². The first-order chi connectivity index (χ1) is 12.2. The van der Waals surface area contributed by atoms with Crippen molar-refractivity contribution >= 4 is 5.91 Å². The maximum Gasteiger partial charge on any atom is 0.217 e. The van der Waals surface area contributed by atoms with Crippen LogP contribution in [0, 0.1) is 0 Å². The smallest absolute Gasteiger partial charge is 0.217 e. The van der Waals surface area contributed by atoms with Gasteiger partial charge in [0.05, 0.1) is 11.4 Å². The van der Waals surface area contributed by atoms with Crippen LogP contribution in [0.2, 0.25) is 0 Å². The fraction of sp³-hybridized carbons (Fsp3) is 0.500. The number of fused-ring (bicyclic) bond motifs is 1. The lowest BCUT2D eigenvalue weighted by Crippen LogP contribution is -2.46. The molecule has 1 N–H and O–H groups in total. The number of piperidine rings is 1. The van der Waals surface area contributed by atoms with Crippen molar-refractivity contribution in [2.75, 3.05) is 13.1 Å². The van der Waals surface area contributed by atoms with Crippen molar-refractivity contribution < 1.29 is 4.79 Å². The van der Waals surface area contributed by atoms with Crippen LogP contribution in [0.4, 0.5) is 0 Å². The minimum absolute atomic E-state index is 0.0705. The van der Waals surface area contributed by atoms with Crippen LogP contribution >= 0.6 is 0 Å². The predicted octanol–water partition coefficient (Wildman–Crippen LogP) is 2.46. The Labute approximate surface area is 149 Å². The minimum atomic E-state index is 0.0705. The number of amides is 1. The number of para-hydroxylation sites is 1. The first kappa shape index (κ1) is 16.3. The first-order valence-electron chi connectivity index (χ1n) is 9.35. The summed E-state index contributed by atoms with van der Waals surface area (Å²) in [5, 5.41) is 8.04. The van der Waals surface area contributed by atoms with E-state index in [-0.39, 0.29) is 11.9 Å². The van der Waals surface area contributed by atoms with Crippen LogP contribution in [0.25, 0.3) is 5.69 Å². The predicted molar refractivity (Wildman–Crippen MR) is 97.7 cm³/mol. The summed E-state index contributed by atoms with van der Waals surface area (Å²) in [4.78, 5) is 13.8. The number of likely N-dealkylation sites (tertiary alicyclic amines) is 1. The van der Waals surface area contributed by atoms with Gasteiger partial charge in [-0.3, -0.25) is 9.69 Å². The SMILES string of the molecule is CC(=O)NC1CCCN(Cc2nn(-c3ccccc3)c3c2CCC3)C1. The molecule has 1 aromatic heterocycles. The van der Waals surface area contributed by atoms with Gasteiger partial charge in [-0.25, -0.2) is 4.68 Å². The van der Waals surface area contributed by atoms with Gasteiger partial charge >= 0.3 is 0 Å². The average molecular weight is 338 g/mol. The van der Waals surface area contributed by atoms with Gasteiger partial charge < -0.3 is 5.32 Å². The van der Waals surface area contributed by atoms with Crippen molar-refractivity contribution in [3.05, 3.63) is 47.3 Å². The normalized spacial score (nSPS) is 20.4. The van der Waals surface area contributed by atoms with Gasteiger partial charge in [0.25, 0.3) is 0 Å². The number of nitrogens with zero attached hydrogens (tertiary/aromatic N) is 3. The number of rotatable bonds is 4. The van der Waals surface area contributed by atoms with Crippen LogP contribution in [-0.2, 0) is 24.2 Å². The van der Waals surface area contributed by atoms with E-state index in [9.17, 15) is 4.79 Å². The lowest BCUT2D eigenvalue weighted by atomic mass is 10.0. The highest BCUT2D eigenvalue weighted by molar-refractivity contribution is 5.73. The fourth-order valence-electron chi connectivity index (χ4n) is 4.24. The molecule has 1 fully saturated rings. The van der Waals surface area contributed by atoms with E-state index < -0.39 is 0 Å². The minimum Gasteiger partial charge on any atom is -0.352 e. The monoisotopic (exact) mass is 338 g/mol. The second kappa shape index (κ2) is 7.00. The molecular formula is C20H26N4O. The zero-order valence-electron chi connectivity index (χ0n) is 14.9. The Hall–Kier alpha value is -2.14. The van der Waals surface area contributed by atoms with E-state index >= 15 is 0 Å². The molecule has 1 unspecified atom stereocenters. The van der Waals surface area contributed by atoms with E-state index in [0.29, 0.717) is 0 Å². The molecule has 0 spiro atoms. The van der Waals surface area contributed by atoms with E-state index in [0.717, 1.165) is 51.0 Å². The van der Waals surface area contributed by atoms with Gasteiger partial charge in [0.2, 0.25) is 5.91 Å². The Kier molecular flexibility index (Phi) is 4.57. The van der Waals surface area contributed by atoms with E-state index in [1.807, 2.05) is 6.07 Å². The Bertz CT molecular complexity index is 753. The summed E-state index contributed by atoms with van der Waals surface area (Å²) in [6.07, 6.45) is 5.69. The molecule has 0 bridgehead atoms. The second-order valence-electron chi connectivity index (χ2n) is 7.25. The molecule has 1 saturated heterocycles. The van der Waals surface area contributed by atoms with Gasteiger partial charge in [-0.2, -0.15) is 5.10 Å². The third-order valence-electron chi connectivity index (χ3n) is 5.30. The zero-order valence-corrected chi connectivity index (χ0v) is 14.9. The van der Waals surface area contributed by atoms with E-state index in [1.54, 1.807) is 6.92 Å². The molecule has 1 amide bonds. The highest BCUT2D eigenvalue weighted by Crippen LogP contribution is 2.29. The van der Waals surface area contributed by atoms with Crippen molar-refractivity contribution in [1.82, 2.24) is 20.0 Å². The maximum atomic E-state index is 11.3. The van der Waals surface area contributed by atoms with Crippen LogP contribution in [-0.4, -0.2) is 39.7 Å². The Morgan fingerprint density at radius 1 is 1.24 bits per heavy atom. The summed E-state index contributed by atoms with van der Waals surface area (Å²) in [6, 6.07) is 10.7. The summed E-state index contributed by atoms with van der Waals surface area (Å²) in [7, 11) is 0. The van der Waals surface area contributed by atoms with Crippen LogP contribution in [0.1, 0.15) is 43.1 Å². The molecule has 0 radical (unpaired) electrons. The molecule has 0 saturated carbocycles. The first-order valence-corrected chi connectivity index (χ1v) is 9.35. The number of aromatic nitrogens is 2. The molecule has 1 atom stereocenters. The molecule has 2 aromatic rings. The average Bonchev–Trinajstić information content (AvgIpc) is 3.19. The summed E-state index contributed by atoms with van der Waals surface area (Å²) in [5.41, 5.74) is 5.21. The van der Waals surface area contributed by atoms with Gasteiger partial charge in [-0.15, -0.1) is 0 Å². The highest BCUT2D eigenvalue weighted by Gasteiger charge is 2.26. The summed E-state index contributed by atoms with van der Waals surface area (Å²) in [6.45, 7) is 4.50. The topological polar surface area (TPSA) is 50.2 Å². The summed E-state index contributed by atoms with van der Waals surface area (Å²) >= 11 is 0. The quantitative estimate of drug-likeness (QED) is 0.932. The summed E-state index contributed by atoms with van der Waals surface area (Å²) < 4.78 is 2.15. The van der Waals surface area contributed by atoms with Crippen molar-refractivity contribution in [3.63, 3.8) is 0 Å². The van der Waals surface area contributed by atoms with Gasteiger partial charge in [0.15, 0.2) is 0 Å². The molecule has 5 nitrogen and oxygen atoms in total. The van der Waals surface area contributed by atoms with Crippen molar-refractivity contribution in [1.29, 1.82) is 0 Å². The largest absolute Gasteiger partial charge is 0.352 e. The lowest BCUT2D eigenvalue weighted by molar-refractivity contribution is -0.120. The van der Waals surface area contributed by atoms with Gasteiger partial charge in [-0.05, 0) is 56.3 Å². The Balaban J connectivity index is 1.54. The maximum absolute atomic E-state index is 11.3. The lowest BCUT2D eigenvalue weighted by Gasteiger charge is -2.32. The van der Waals surface area contributed by atoms with Gasteiger partial charge in [-0.1, -0.05) is 18.2 Å². The van der Waals surface area contributed by atoms with E-state index in [1.165, 1.54) is 23.4 Å². The van der Waals surface area contributed by atoms with Crippen molar-refractivity contribution in [3.8, 4) is 5.69 Å². The fourth-order valence-corrected chi connectivity index (χ4v) is 4.24. The molecule has 5 heteroatoms. The molecule has 132 valence electrons. The Morgan fingerprint density at radius 2 is 2.08 bits per heavy atom. The number of hydrogen-bond acceptors (Lipinski definition) is 3. The van der Waals surface area contributed by atoms with E-state index in [2.05, 4.69) is 39.2 Å². The van der Waals surface area contributed by atoms with Gasteiger partial charge in [0.1, 0.15) is 0 Å². The van der Waals surface area contributed by atoms with Crippen LogP contribution in [0.15, 0.2) is 30.3 Å². The van der Waals surface area contributed by atoms with Crippen molar-refractivity contribution in [2.45, 2.75) is 51.6 Å². The molecule has 4 rings (SSSR count).